The van der Waals surface area contributed by atoms with E-state index in [9.17, 15) is 4.79 Å². The first-order valence-electron chi connectivity index (χ1n) is 8.28. The summed E-state index contributed by atoms with van der Waals surface area (Å²) in [5.74, 6) is 6.05. The number of amides is 1. The van der Waals surface area contributed by atoms with Gasteiger partial charge < -0.3 is 0 Å². The Morgan fingerprint density at radius 3 is 2.08 bits per heavy atom. The molecular weight excluding hydrogens is 298 g/mol. The maximum absolute atomic E-state index is 10.9. The molecule has 2 aromatic rings. The van der Waals surface area contributed by atoms with Gasteiger partial charge in [0.15, 0.2) is 0 Å². The lowest BCUT2D eigenvalue weighted by atomic mass is 10.0. The van der Waals surface area contributed by atoms with Crippen LogP contribution >= 0.6 is 0 Å². The number of aryl methyl sites for hydroxylation is 2. The molecule has 0 aromatic heterocycles. The van der Waals surface area contributed by atoms with E-state index in [4.69, 9.17) is 5.21 Å². The van der Waals surface area contributed by atoms with E-state index in [1.807, 2.05) is 12.1 Å². The molecule has 0 saturated carbocycles. The molecule has 2 aromatic carbocycles. The number of nitrogens with one attached hydrogen (secondary N) is 1. The van der Waals surface area contributed by atoms with Crippen LogP contribution in [0.1, 0.15) is 47.9 Å². The molecule has 0 aliphatic carbocycles. The third-order valence-electron chi connectivity index (χ3n) is 3.85. The fourth-order valence-electron chi connectivity index (χ4n) is 2.38. The molecule has 0 fully saturated rings. The van der Waals surface area contributed by atoms with Gasteiger partial charge in [-0.2, -0.15) is 0 Å². The summed E-state index contributed by atoms with van der Waals surface area (Å²) in [6.45, 7) is 2.07. The van der Waals surface area contributed by atoms with E-state index in [0.29, 0.717) is 6.42 Å². The van der Waals surface area contributed by atoms with Gasteiger partial charge >= 0.3 is 0 Å². The second-order valence-electron chi connectivity index (χ2n) is 5.91. The highest BCUT2D eigenvalue weighted by molar-refractivity contribution is 5.74. The van der Waals surface area contributed by atoms with Crippen LogP contribution in [0.25, 0.3) is 0 Å². The third kappa shape index (κ3) is 6.28. The minimum Gasteiger partial charge on any atom is -0.289 e. The van der Waals surface area contributed by atoms with Crippen molar-refractivity contribution >= 4 is 5.91 Å². The Hall–Kier alpha value is -2.57. The number of hydroxylamine groups is 1. The summed E-state index contributed by atoms with van der Waals surface area (Å²) in [6.07, 6.45) is 4.18. The second kappa shape index (κ2) is 9.54. The molecule has 1 amide bonds. The molecule has 0 spiro atoms. The molecule has 0 bridgehead atoms. The van der Waals surface area contributed by atoms with Crippen LogP contribution in [-0.4, -0.2) is 11.1 Å². The summed E-state index contributed by atoms with van der Waals surface area (Å²) < 4.78 is 0. The second-order valence-corrected chi connectivity index (χ2v) is 5.91. The Labute approximate surface area is 143 Å². The highest BCUT2D eigenvalue weighted by Crippen LogP contribution is 2.10. The van der Waals surface area contributed by atoms with Crippen molar-refractivity contribution in [3.8, 4) is 11.8 Å². The van der Waals surface area contributed by atoms with E-state index < -0.39 is 0 Å². The molecule has 124 valence electrons. The van der Waals surface area contributed by atoms with E-state index in [0.717, 1.165) is 36.8 Å². The van der Waals surface area contributed by atoms with Crippen LogP contribution in [0, 0.1) is 18.8 Å². The van der Waals surface area contributed by atoms with E-state index >= 15 is 0 Å². The van der Waals surface area contributed by atoms with Gasteiger partial charge in [-0.15, -0.1) is 0 Å². The lowest BCUT2D eigenvalue weighted by molar-refractivity contribution is -0.129. The summed E-state index contributed by atoms with van der Waals surface area (Å²) in [6, 6.07) is 16.5. The van der Waals surface area contributed by atoms with E-state index in [1.165, 1.54) is 11.1 Å². The van der Waals surface area contributed by atoms with Crippen molar-refractivity contribution in [1.82, 2.24) is 5.48 Å². The zero-order chi connectivity index (χ0) is 17.2. The number of hydrogen-bond donors (Lipinski definition) is 2. The molecule has 0 radical (unpaired) electrons. The maximum Gasteiger partial charge on any atom is 0.243 e. The van der Waals surface area contributed by atoms with Gasteiger partial charge in [0.2, 0.25) is 5.91 Å². The number of rotatable bonds is 6. The minimum absolute atomic E-state index is 0.313. The molecule has 0 unspecified atom stereocenters. The average Bonchev–Trinajstić information content (AvgIpc) is 2.61. The van der Waals surface area contributed by atoms with Crippen molar-refractivity contribution in [1.29, 1.82) is 0 Å². The third-order valence-corrected chi connectivity index (χ3v) is 3.85. The number of unbranched alkanes of at least 4 members (excludes halogenated alkanes) is 2. The first kappa shape index (κ1) is 17.8. The fraction of sp³-hybridized carbons (Fsp3) is 0.286. The van der Waals surface area contributed by atoms with Crippen LogP contribution < -0.4 is 5.48 Å². The molecule has 0 aliphatic rings. The lowest BCUT2D eigenvalue weighted by Crippen LogP contribution is -2.17. The minimum atomic E-state index is -0.313. The predicted octanol–water partition coefficient (Wildman–Crippen LogP) is 4.00. The van der Waals surface area contributed by atoms with Crippen molar-refractivity contribution in [2.45, 2.75) is 39.0 Å². The predicted molar refractivity (Wildman–Crippen MR) is 95.7 cm³/mol. The number of hydrogen-bond acceptors (Lipinski definition) is 2. The highest BCUT2D eigenvalue weighted by atomic mass is 16.5. The molecule has 0 saturated heterocycles. The van der Waals surface area contributed by atoms with Crippen LogP contribution in [0.15, 0.2) is 48.5 Å². The molecule has 3 nitrogen and oxygen atoms in total. The maximum atomic E-state index is 10.9. The van der Waals surface area contributed by atoms with Gasteiger partial charge in [0.25, 0.3) is 0 Å². The Balaban J connectivity index is 1.79. The van der Waals surface area contributed by atoms with E-state index in [1.54, 1.807) is 5.48 Å². The number of carbonyl (C=O) groups is 1. The Kier molecular flexibility index (Phi) is 7.07. The van der Waals surface area contributed by atoms with Gasteiger partial charge in [-0.05, 0) is 56.0 Å². The standard InChI is InChI=1S/C21H23NO2/c1-17-7-9-19(10-8-17)15-16-20-13-11-18(12-14-20)5-3-2-4-6-21(23)22-24/h7-14,24H,2-6H2,1H3,(H,22,23). The topological polar surface area (TPSA) is 49.3 Å². The normalized spacial score (nSPS) is 9.92. The molecule has 2 rings (SSSR count). The van der Waals surface area contributed by atoms with Crippen LogP contribution in [-0.2, 0) is 11.2 Å². The zero-order valence-electron chi connectivity index (χ0n) is 14.0. The van der Waals surface area contributed by atoms with Gasteiger partial charge in [-0.3, -0.25) is 10.0 Å². The number of carbonyl (C=O) groups excluding carboxylic acids is 1. The van der Waals surface area contributed by atoms with Gasteiger partial charge in [0.05, 0.1) is 0 Å². The van der Waals surface area contributed by atoms with Crippen molar-refractivity contribution in [3.63, 3.8) is 0 Å². The summed E-state index contributed by atoms with van der Waals surface area (Å²) in [5.41, 5.74) is 6.21. The van der Waals surface area contributed by atoms with Crippen molar-refractivity contribution in [2.24, 2.45) is 0 Å². The first-order valence-corrected chi connectivity index (χ1v) is 8.28. The van der Waals surface area contributed by atoms with Crippen molar-refractivity contribution in [2.75, 3.05) is 0 Å². The first-order chi connectivity index (χ1) is 11.7. The molecule has 0 atom stereocenters. The quantitative estimate of drug-likeness (QED) is 0.366. The number of benzene rings is 2. The van der Waals surface area contributed by atoms with Crippen LogP contribution in [0.4, 0.5) is 0 Å². The van der Waals surface area contributed by atoms with E-state index in [2.05, 4.69) is 55.2 Å². The van der Waals surface area contributed by atoms with Gasteiger partial charge in [0, 0.05) is 17.5 Å². The van der Waals surface area contributed by atoms with Crippen molar-refractivity contribution in [3.05, 3.63) is 70.8 Å². The average molecular weight is 321 g/mol. The SMILES string of the molecule is Cc1ccc(C#Cc2ccc(CCCCCC(=O)NO)cc2)cc1. The highest BCUT2D eigenvalue weighted by Gasteiger charge is 1.99. The summed E-state index contributed by atoms with van der Waals surface area (Å²) in [5, 5.41) is 8.41. The smallest absolute Gasteiger partial charge is 0.243 e. The fourth-order valence-corrected chi connectivity index (χ4v) is 2.38. The Morgan fingerprint density at radius 1 is 0.917 bits per heavy atom. The van der Waals surface area contributed by atoms with Gasteiger partial charge in [0.1, 0.15) is 0 Å². The molecule has 0 heterocycles. The Bertz CT molecular complexity index is 706. The molecule has 3 heteroatoms. The summed E-state index contributed by atoms with van der Waals surface area (Å²) in [7, 11) is 0. The lowest BCUT2D eigenvalue weighted by Gasteiger charge is -2.02. The monoisotopic (exact) mass is 321 g/mol. The Morgan fingerprint density at radius 2 is 1.50 bits per heavy atom. The van der Waals surface area contributed by atoms with Crippen LogP contribution in [0.3, 0.4) is 0 Å². The molecule has 2 N–H and O–H groups in total. The van der Waals surface area contributed by atoms with E-state index in [-0.39, 0.29) is 5.91 Å². The molecule has 24 heavy (non-hydrogen) atoms. The van der Waals surface area contributed by atoms with Crippen LogP contribution in [0.5, 0.6) is 0 Å². The largest absolute Gasteiger partial charge is 0.289 e. The van der Waals surface area contributed by atoms with Gasteiger partial charge in [-0.1, -0.05) is 48.1 Å². The summed E-state index contributed by atoms with van der Waals surface area (Å²) >= 11 is 0. The molecule has 0 aliphatic heterocycles. The zero-order valence-corrected chi connectivity index (χ0v) is 14.0. The summed E-state index contributed by atoms with van der Waals surface area (Å²) in [4.78, 5) is 10.9. The van der Waals surface area contributed by atoms with Crippen molar-refractivity contribution < 1.29 is 10.0 Å². The van der Waals surface area contributed by atoms with Crippen LogP contribution in [0.2, 0.25) is 0 Å². The molecular formula is C21H23NO2. The van der Waals surface area contributed by atoms with Gasteiger partial charge in [-0.25, -0.2) is 5.48 Å².